The number of para-hydroxylation sites is 2. The second kappa shape index (κ2) is 31.1. The number of carbonyl (C=O) groups is 6. The summed E-state index contributed by atoms with van der Waals surface area (Å²) in [5.74, 6) is 0.655. The van der Waals surface area contributed by atoms with Crippen LogP contribution in [0.1, 0.15) is 93.1 Å². The second-order valence-corrected chi connectivity index (χ2v) is 20.7. The lowest BCUT2D eigenvalue weighted by atomic mass is 10.0. The van der Waals surface area contributed by atoms with Crippen LogP contribution in [0.3, 0.4) is 0 Å². The molecule has 22 nitrogen and oxygen atoms in total. The fraction of sp³-hybridized carbons (Fsp3) is 0.424. The number of amides is 4. The third-order valence-corrected chi connectivity index (χ3v) is 12.7. The van der Waals surface area contributed by atoms with Gasteiger partial charge in [0.2, 0.25) is 11.8 Å². The van der Waals surface area contributed by atoms with E-state index in [9.17, 15) is 38.4 Å². The molecule has 0 saturated carbocycles. The Kier molecular flexibility index (Phi) is 24.8. The molecule has 436 valence electrons. The molecule has 0 aliphatic carbocycles. The van der Waals surface area contributed by atoms with Crippen molar-refractivity contribution in [3.05, 3.63) is 145 Å². The molecule has 4 aromatic heterocycles. The van der Waals surface area contributed by atoms with Gasteiger partial charge in [-0.3, -0.25) is 24.0 Å². The summed E-state index contributed by atoms with van der Waals surface area (Å²) in [6.07, 6.45) is 7.36. The minimum atomic E-state index is -1.15. The van der Waals surface area contributed by atoms with Gasteiger partial charge >= 0.3 is 18.2 Å². The van der Waals surface area contributed by atoms with Gasteiger partial charge in [-0.05, 0) is 118 Å². The molecule has 4 amide bonds. The van der Waals surface area contributed by atoms with Crippen molar-refractivity contribution in [3.8, 4) is 0 Å². The van der Waals surface area contributed by atoms with Crippen LogP contribution in [0, 0.1) is 25.7 Å². The fourth-order valence-electron chi connectivity index (χ4n) is 8.35. The minimum absolute atomic E-state index is 0.160. The number of carboxylic acids is 1. The monoisotopic (exact) mass is 1120 g/mol. The van der Waals surface area contributed by atoms with Gasteiger partial charge in [-0.25, -0.2) is 24.4 Å². The molecule has 22 heteroatoms. The number of allylic oxidation sites excluding steroid dienone is 2. The van der Waals surface area contributed by atoms with Crippen molar-refractivity contribution < 1.29 is 43.3 Å². The Bertz CT molecular complexity index is 3330. The van der Waals surface area contributed by atoms with Crippen molar-refractivity contribution in [2.24, 2.45) is 11.8 Å². The summed E-state index contributed by atoms with van der Waals surface area (Å²) in [4.78, 5) is 114. The summed E-state index contributed by atoms with van der Waals surface area (Å²) in [6, 6.07) is 17.3. The van der Waals surface area contributed by atoms with Crippen molar-refractivity contribution in [2.45, 2.75) is 112 Å². The topological polar surface area (TPSA) is 299 Å². The number of hydrogen-bond donors (Lipinski definition) is 6. The molecular weight excluding hydrogens is 1040 g/mol. The van der Waals surface area contributed by atoms with Crippen molar-refractivity contribution in [2.75, 3.05) is 48.1 Å². The first kappa shape index (κ1) is 64.7. The lowest BCUT2D eigenvalue weighted by molar-refractivity contribution is -0.139. The Morgan fingerprint density at radius 2 is 1.07 bits per heavy atom. The first-order valence-corrected chi connectivity index (χ1v) is 26.6. The van der Waals surface area contributed by atoms with Gasteiger partial charge in [0, 0.05) is 51.6 Å². The van der Waals surface area contributed by atoms with Crippen molar-refractivity contribution in [1.29, 1.82) is 0 Å². The summed E-state index contributed by atoms with van der Waals surface area (Å²) < 4.78 is 12.2. The number of carbonyl (C=O) groups excluding carboxylic acids is 5. The Labute approximate surface area is 471 Å². The Morgan fingerprint density at radius 1 is 0.642 bits per heavy atom. The van der Waals surface area contributed by atoms with E-state index >= 15 is 0 Å². The number of pyridine rings is 2. The number of ether oxygens (including phenoxy) is 2. The van der Waals surface area contributed by atoms with Crippen molar-refractivity contribution in [3.63, 3.8) is 0 Å². The lowest BCUT2D eigenvalue weighted by Crippen LogP contribution is -2.42. The number of nitrogens with two attached hydrogens (primary N) is 1. The highest BCUT2D eigenvalue weighted by Gasteiger charge is 2.23. The summed E-state index contributed by atoms with van der Waals surface area (Å²) >= 11 is 0. The number of ketones is 1. The van der Waals surface area contributed by atoms with Gasteiger partial charge in [0.1, 0.15) is 17.7 Å². The summed E-state index contributed by atoms with van der Waals surface area (Å²) in [7, 11) is 8.89. The van der Waals surface area contributed by atoms with Crippen molar-refractivity contribution in [1.82, 2.24) is 49.5 Å². The number of aliphatic carboxylic acids is 1. The first-order chi connectivity index (χ1) is 38.3. The molecule has 2 atom stereocenters. The Morgan fingerprint density at radius 3 is 1.51 bits per heavy atom. The van der Waals surface area contributed by atoms with E-state index in [1.54, 1.807) is 67.7 Å². The van der Waals surface area contributed by atoms with Crippen LogP contribution in [0.2, 0.25) is 0 Å². The van der Waals surface area contributed by atoms with Gasteiger partial charge in [-0.1, -0.05) is 70.2 Å². The largest absolute Gasteiger partial charge is 0.480 e. The number of carboxylic acid groups (broad SMARTS) is 1. The standard InChI is InChI=1S/C30H39N5O5.C18H22N4O.C11H18N2O5/c1-19(2)16-21-10-9-12-24-28(21)33-26(31-24)18-35-20(3)14-15-22(29(35)38)17-25(36)23(32-30(39)40-6)11-7-8-13-27(37)34(4)5;1-11(2)9-13-5-4-6-15-17(13)21-16(20-15)10-22-12(3)7-8-14(19)18(22)23;1-13(2)9(14)7-5-4-6-8(10(15)16)12-11(17)18-3/h8-10,12-15,19,23H,7,11,16-18H2,1-6H3,(H,31,33)(H,32,39);4-8,11H,9-10,19H2,1-3H3,(H,20,21);5,7-8H,4,6H2,1-3H3,(H,12,17)(H,15,16)/b13-8+;;7-5+/t23-;;8-/m0.0/s1. The number of nitrogens with one attached hydrogen (secondary N) is 4. The number of alkyl carbamates (subject to hydrolysis) is 2. The molecule has 0 fully saturated rings. The smallest absolute Gasteiger partial charge is 0.407 e. The SMILES string of the molecule is COC(=O)N[C@@H](CC/C=C/C(=O)N(C)C)C(=O)Cc1ccc(C)n(Cc2nc3c(CC(C)C)cccc3[nH]2)c1=O.COC(=O)N[C@@H](CC/C=C/C(=O)N(C)C)C(=O)O.Cc1ccc(N)c(=O)n1Cc1nc2c(CC(C)C)cccc2[nH]1. The molecule has 0 aliphatic rings. The number of aromatic amines is 2. The predicted octanol–water partition coefficient (Wildman–Crippen LogP) is 6.62. The zero-order valence-corrected chi connectivity index (χ0v) is 48.5. The number of rotatable bonds is 22. The van der Waals surface area contributed by atoms with Crippen LogP contribution in [0.25, 0.3) is 22.1 Å². The highest BCUT2D eigenvalue weighted by Crippen LogP contribution is 2.22. The molecule has 81 heavy (non-hydrogen) atoms. The normalized spacial score (nSPS) is 11.9. The van der Waals surface area contributed by atoms with Crippen LogP contribution in [0.4, 0.5) is 15.3 Å². The van der Waals surface area contributed by atoms with E-state index in [0.29, 0.717) is 42.6 Å². The Hall–Kier alpha value is -8.82. The number of likely N-dealkylation sites (N-methyl/N-ethyl adjacent to an activating group) is 2. The van der Waals surface area contributed by atoms with E-state index in [0.717, 1.165) is 64.8 Å². The average Bonchev–Trinajstić information content (AvgIpc) is 4.06. The number of methoxy groups -OCH3 is 2. The maximum absolute atomic E-state index is 13.5. The maximum Gasteiger partial charge on any atom is 0.407 e. The number of Topliss-reactive ketones (excluding diaryl/α,β-unsaturated/α-hetero) is 1. The molecule has 0 aliphatic heterocycles. The molecule has 4 heterocycles. The number of benzene rings is 2. The first-order valence-electron chi connectivity index (χ1n) is 26.6. The van der Waals surface area contributed by atoms with E-state index in [2.05, 4.69) is 69.9 Å². The minimum Gasteiger partial charge on any atom is -0.480 e. The van der Waals surface area contributed by atoms with Crippen LogP contribution >= 0.6 is 0 Å². The number of H-pyrrole nitrogens is 2. The number of imidazole rings is 2. The summed E-state index contributed by atoms with van der Waals surface area (Å²) in [6.45, 7) is 13.1. The van der Waals surface area contributed by atoms with Crippen LogP contribution in [-0.2, 0) is 61.0 Å². The van der Waals surface area contributed by atoms with Gasteiger partial charge in [-0.15, -0.1) is 0 Å². The number of nitrogens with zero attached hydrogens (tertiary/aromatic N) is 6. The quantitative estimate of drug-likeness (QED) is 0.0390. The highest BCUT2D eigenvalue weighted by molar-refractivity contribution is 5.89. The van der Waals surface area contributed by atoms with Gasteiger partial charge < -0.3 is 59.8 Å². The number of fused-ring (bicyclic) bond motifs is 2. The highest BCUT2D eigenvalue weighted by atomic mass is 16.5. The van der Waals surface area contributed by atoms with Crippen LogP contribution in [0.15, 0.2) is 94.6 Å². The number of aryl methyl sites for hydroxylation is 2. The zero-order valence-electron chi connectivity index (χ0n) is 48.5. The van der Waals surface area contributed by atoms with E-state index < -0.39 is 30.2 Å². The molecule has 6 rings (SSSR count). The molecule has 0 unspecified atom stereocenters. The van der Waals surface area contributed by atoms with E-state index in [4.69, 9.17) is 20.8 Å². The third-order valence-electron chi connectivity index (χ3n) is 12.7. The van der Waals surface area contributed by atoms with Gasteiger partial charge in [0.25, 0.3) is 11.1 Å². The zero-order chi connectivity index (χ0) is 60.1. The second-order valence-electron chi connectivity index (χ2n) is 20.7. The number of anilines is 1. The molecule has 0 spiro atoms. The number of hydrogen-bond acceptors (Lipinski definition) is 13. The maximum atomic E-state index is 13.5. The molecular formula is C59H79N11O11. The van der Waals surface area contributed by atoms with Gasteiger partial charge in [0.05, 0.1) is 61.1 Å². The summed E-state index contributed by atoms with van der Waals surface area (Å²) in [5.41, 5.74) is 13.7. The number of nitrogen functional groups attached to an aromatic ring is 1. The molecule has 0 radical (unpaired) electrons. The Balaban J connectivity index is 0.000000290. The van der Waals surface area contributed by atoms with E-state index in [-0.39, 0.29) is 60.2 Å². The number of aromatic nitrogens is 6. The molecule has 0 saturated heterocycles. The van der Waals surface area contributed by atoms with Crippen LogP contribution in [0.5, 0.6) is 0 Å². The third kappa shape index (κ3) is 19.8. The lowest BCUT2D eigenvalue weighted by Gasteiger charge is -2.17. The van der Waals surface area contributed by atoms with Crippen LogP contribution < -0.4 is 27.5 Å². The van der Waals surface area contributed by atoms with Gasteiger partial charge in [0.15, 0.2) is 5.78 Å². The van der Waals surface area contributed by atoms with E-state index in [1.165, 1.54) is 34.6 Å². The molecule has 7 N–H and O–H groups in total. The fourth-order valence-corrected chi connectivity index (χ4v) is 8.35. The molecule has 0 bridgehead atoms. The van der Waals surface area contributed by atoms with E-state index in [1.807, 2.05) is 44.2 Å². The predicted molar refractivity (Wildman–Crippen MR) is 312 cm³/mol. The average molecular weight is 1120 g/mol. The van der Waals surface area contributed by atoms with Gasteiger partial charge in [-0.2, -0.15) is 0 Å². The summed E-state index contributed by atoms with van der Waals surface area (Å²) in [5, 5.41) is 13.6. The van der Waals surface area contributed by atoms with Crippen LogP contribution in [-0.4, -0.2) is 134 Å². The molecule has 2 aromatic carbocycles. The van der Waals surface area contributed by atoms with Crippen molar-refractivity contribution >= 4 is 63.5 Å². The molecule has 6 aromatic rings.